The summed E-state index contributed by atoms with van der Waals surface area (Å²) in [7, 11) is 0. The van der Waals surface area contributed by atoms with E-state index in [1.807, 2.05) is 47.4 Å². The Morgan fingerprint density at radius 1 is 0.812 bits per heavy atom. The van der Waals surface area contributed by atoms with Crippen LogP contribution in [0.1, 0.15) is 33.9 Å². The Morgan fingerprint density at radius 2 is 1.50 bits per heavy atom. The fourth-order valence-corrected chi connectivity index (χ4v) is 4.80. The summed E-state index contributed by atoms with van der Waals surface area (Å²) in [5.41, 5.74) is 5.97. The molecular formula is C28H25ClN2O. The molecule has 160 valence electrons. The number of hydrogen-bond acceptors (Lipinski definition) is 2. The Kier molecular flexibility index (Phi) is 5.93. The van der Waals surface area contributed by atoms with Crippen LogP contribution >= 0.6 is 11.6 Å². The zero-order valence-electron chi connectivity index (χ0n) is 17.8. The normalized spacial score (nSPS) is 18.3. The Labute approximate surface area is 194 Å². The van der Waals surface area contributed by atoms with E-state index >= 15 is 0 Å². The summed E-state index contributed by atoms with van der Waals surface area (Å²) >= 11 is 6.41. The van der Waals surface area contributed by atoms with E-state index in [2.05, 4.69) is 53.5 Å². The van der Waals surface area contributed by atoms with Crippen LogP contribution in [0, 0.1) is 0 Å². The molecule has 0 spiro atoms. The first kappa shape index (κ1) is 20.7. The van der Waals surface area contributed by atoms with E-state index in [4.69, 9.17) is 11.6 Å². The fourth-order valence-electron chi connectivity index (χ4n) is 4.62. The third-order valence-corrected chi connectivity index (χ3v) is 6.52. The highest BCUT2D eigenvalue weighted by Gasteiger charge is 2.30. The van der Waals surface area contributed by atoms with Crippen molar-refractivity contribution in [3.05, 3.63) is 112 Å². The Bertz CT molecular complexity index is 1180. The van der Waals surface area contributed by atoms with Crippen LogP contribution in [0.15, 0.2) is 78.9 Å². The van der Waals surface area contributed by atoms with Crippen LogP contribution in [0.3, 0.4) is 0 Å². The topological polar surface area (TPSA) is 23.6 Å². The lowest BCUT2D eigenvalue weighted by molar-refractivity contribution is -0.127. The van der Waals surface area contributed by atoms with Crippen molar-refractivity contribution in [1.29, 1.82) is 0 Å². The maximum absolute atomic E-state index is 12.7. The second-order valence-corrected chi connectivity index (χ2v) is 8.68. The van der Waals surface area contributed by atoms with Crippen molar-refractivity contribution >= 4 is 35.7 Å². The summed E-state index contributed by atoms with van der Waals surface area (Å²) in [5.74, 6) is 0.0693. The van der Waals surface area contributed by atoms with Crippen LogP contribution in [0.4, 0.5) is 0 Å². The van der Waals surface area contributed by atoms with Crippen LogP contribution in [-0.4, -0.2) is 41.9 Å². The average Bonchev–Trinajstić information content (AvgIpc) is 3.00. The average molecular weight is 441 g/mol. The van der Waals surface area contributed by atoms with Gasteiger partial charge in [-0.25, -0.2) is 0 Å². The van der Waals surface area contributed by atoms with Crippen LogP contribution in [0.25, 0.3) is 18.2 Å². The number of carbonyl (C=O) groups is 1. The largest absolute Gasteiger partial charge is 0.337 e. The van der Waals surface area contributed by atoms with Gasteiger partial charge in [0.05, 0.1) is 6.04 Å². The molecule has 0 radical (unpaired) electrons. The van der Waals surface area contributed by atoms with Gasteiger partial charge in [-0.15, -0.1) is 0 Å². The minimum atomic E-state index is 0.0693. The lowest BCUT2D eigenvalue weighted by Crippen LogP contribution is -2.49. The van der Waals surface area contributed by atoms with Gasteiger partial charge in [0.1, 0.15) is 0 Å². The van der Waals surface area contributed by atoms with Crippen molar-refractivity contribution in [2.75, 3.05) is 26.2 Å². The van der Waals surface area contributed by atoms with E-state index in [1.165, 1.54) is 22.3 Å². The van der Waals surface area contributed by atoms with E-state index in [1.54, 1.807) is 6.08 Å². The molecule has 32 heavy (non-hydrogen) atoms. The number of carbonyl (C=O) groups excluding carboxylic acids is 1. The highest BCUT2D eigenvalue weighted by molar-refractivity contribution is 6.30. The van der Waals surface area contributed by atoms with Gasteiger partial charge in [0.25, 0.3) is 0 Å². The monoisotopic (exact) mass is 440 g/mol. The van der Waals surface area contributed by atoms with Gasteiger partial charge in [-0.05, 0) is 46.0 Å². The molecule has 4 heteroatoms. The molecule has 3 aromatic rings. The molecule has 5 rings (SSSR count). The molecule has 1 unspecified atom stereocenters. The third-order valence-electron chi connectivity index (χ3n) is 6.29. The van der Waals surface area contributed by atoms with Gasteiger partial charge >= 0.3 is 0 Å². The van der Waals surface area contributed by atoms with Gasteiger partial charge in [0.2, 0.25) is 5.91 Å². The first-order chi connectivity index (χ1) is 15.7. The summed E-state index contributed by atoms with van der Waals surface area (Å²) in [6.07, 6.45) is 7.94. The number of fused-ring (bicyclic) bond motifs is 2. The van der Waals surface area contributed by atoms with Crippen LogP contribution in [0.2, 0.25) is 5.02 Å². The molecule has 0 aromatic heterocycles. The molecule has 1 atom stereocenters. The van der Waals surface area contributed by atoms with Gasteiger partial charge in [-0.3, -0.25) is 9.69 Å². The molecule has 1 heterocycles. The predicted octanol–water partition coefficient (Wildman–Crippen LogP) is 5.77. The second kappa shape index (κ2) is 9.15. The molecule has 2 aliphatic rings. The van der Waals surface area contributed by atoms with Gasteiger partial charge in [0, 0.05) is 37.3 Å². The van der Waals surface area contributed by atoms with Crippen molar-refractivity contribution in [3.8, 4) is 0 Å². The second-order valence-electron chi connectivity index (χ2n) is 8.24. The highest BCUT2D eigenvalue weighted by atomic mass is 35.5. The Hall–Kier alpha value is -3.14. The van der Waals surface area contributed by atoms with Crippen LogP contribution in [0.5, 0.6) is 0 Å². The van der Waals surface area contributed by atoms with E-state index in [9.17, 15) is 4.79 Å². The van der Waals surface area contributed by atoms with Crippen molar-refractivity contribution in [2.24, 2.45) is 0 Å². The number of benzene rings is 3. The molecule has 0 bridgehead atoms. The maximum Gasteiger partial charge on any atom is 0.246 e. The summed E-state index contributed by atoms with van der Waals surface area (Å²) < 4.78 is 0. The standard InChI is InChI=1S/C28H25ClN2O/c29-24-14-13-23-12-11-22-8-4-5-9-25(22)28(26(23)20-24)31-18-16-30(17-19-31)27(32)15-10-21-6-2-1-3-7-21/h1-15,20,28H,16-19H2. The summed E-state index contributed by atoms with van der Waals surface area (Å²) in [6.45, 7) is 3.05. The molecule has 1 aliphatic heterocycles. The first-order valence-corrected chi connectivity index (χ1v) is 11.4. The summed E-state index contributed by atoms with van der Waals surface area (Å²) in [4.78, 5) is 17.2. The molecule has 1 aliphatic carbocycles. The quantitative estimate of drug-likeness (QED) is 0.482. The molecule has 1 saturated heterocycles. The molecule has 1 amide bonds. The summed E-state index contributed by atoms with van der Waals surface area (Å²) in [6, 6.07) is 24.8. The molecule has 1 fully saturated rings. The molecule has 0 N–H and O–H groups in total. The smallest absolute Gasteiger partial charge is 0.246 e. The van der Waals surface area contributed by atoms with E-state index in [0.717, 1.165) is 23.7 Å². The number of amides is 1. The predicted molar refractivity (Wildman–Crippen MR) is 132 cm³/mol. The molecule has 3 aromatic carbocycles. The lowest BCUT2D eigenvalue weighted by atomic mass is 9.92. The van der Waals surface area contributed by atoms with Crippen molar-refractivity contribution in [3.63, 3.8) is 0 Å². The SMILES string of the molecule is O=C(C=Cc1ccccc1)N1CCN(C2c3ccccc3C=Cc3ccc(Cl)cc32)CC1. The highest BCUT2D eigenvalue weighted by Crippen LogP contribution is 2.38. The van der Waals surface area contributed by atoms with Gasteiger partial charge in [-0.2, -0.15) is 0 Å². The van der Waals surface area contributed by atoms with Crippen molar-refractivity contribution < 1.29 is 4.79 Å². The summed E-state index contributed by atoms with van der Waals surface area (Å²) in [5, 5.41) is 0.751. The number of rotatable bonds is 3. The fraction of sp³-hybridized carbons (Fsp3) is 0.179. The lowest BCUT2D eigenvalue weighted by Gasteiger charge is -2.40. The van der Waals surface area contributed by atoms with Crippen LogP contribution < -0.4 is 0 Å². The minimum Gasteiger partial charge on any atom is -0.337 e. The zero-order valence-corrected chi connectivity index (χ0v) is 18.6. The van der Waals surface area contributed by atoms with Crippen molar-refractivity contribution in [1.82, 2.24) is 9.80 Å². The van der Waals surface area contributed by atoms with E-state index in [-0.39, 0.29) is 11.9 Å². The van der Waals surface area contributed by atoms with E-state index < -0.39 is 0 Å². The van der Waals surface area contributed by atoms with Gasteiger partial charge < -0.3 is 4.90 Å². The van der Waals surface area contributed by atoms with Crippen LogP contribution in [-0.2, 0) is 4.79 Å². The number of piperazine rings is 1. The number of halogens is 1. The minimum absolute atomic E-state index is 0.0693. The number of hydrogen-bond donors (Lipinski definition) is 0. The van der Waals surface area contributed by atoms with E-state index in [0.29, 0.717) is 13.1 Å². The molecular weight excluding hydrogens is 416 g/mol. The zero-order chi connectivity index (χ0) is 21.9. The number of nitrogens with zero attached hydrogens (tertiary/aromatic N) is 2. The van der Waals surface area contributed by atoms with Gasteiger partial charge in [-0.1, -0.05) is 84.4 Å². The molecule has 0 saturated carbocycles. The van der Waals surface area contributed by atoms with Gasteiger partial charge in [0.15, 0.2) is 0 Å². The first-order valence-electron chi connectivity index (χ1n) is 11.0. The Morgan fingerprint density at radius 3 is 2.28 bits per heavy atom. The maximum atomic E-state index is 12.7. The van der Waals surface area contributed by atoms with Crippen molar-refractivity contribution in [2.45, 2.75) is 6.04 Å². The third kappa shape index (κ3) is 4.27. The molecule has 3 nitrogen and oxygen atoms in total. The Balaban J connectivity index is 1.36.